The number of urea groups is 1. The second-order valence-corrected chi connectivity index (χ2v) is 6.64. The van der Waals surface area contributed by atoms with E-state index in [0.29, 0.717) is 34.1 Å². The predicted molar refractivity (Wildman–Crippen MR) is 98.0 cm³/mol. The molecule has 1 fully saturated rings. The maximum Gasteiger partial charge on any atom is 0.416 e. The van der Waals surface area contributed by atoms with Gasteiger partial charge in [-0.1, -0.05) is 17.7 Å². The largest absolute Gasteiger partial charge is 0.454 e. The molecule has 0 aliphatic carbocycles. The van der Waals surface area contributed by atoms with E-state index in [1.807, 2.05) is 5.32 Å². The number of nitrogens with one attached hydrogen (secondary N) is 1. The van der Waals surface area contributed by atoms with Crippen LogP contribution in [0.25, 0.3) is 6.08 Å². The third-order valence-electron chi connectivity index (χ3n) is 4.32. The van der Waals surface area contributed by atoms with Gasteiger partial charge in [-0.25, -0.2) is 9.69 Å². The Hall–Kier alpha value is -3.53. The monoisotopic (exact) mass is 438 g/mol. The number of hydrogen-bond donors (Lipinski definition) is 1. The Bertz CT molecular complexity index is 1130. The topological polar surface area (TPSA) is 84.9 Å². The van der Waals surface area contributed by atoms with Crippen LogP contribution in [0.4, 0.5) is 23.7 Å². The Morgan fingerprint density at radius 2 is 1.77 bits per heavy atom. The number of carbonyl (C=O) groups excluding carboxylic acids is 3. The van der Waals surface area contributed by atoms with Crippen LogP contribution in [0.1, 0.15) is 11.1 Å². The molecule has 0 atom stereocenters. The highest BCUT2D eigenvalue weighted by atomic mass is 35.5. The molecule has 0 spiro atoms. The molecule has 2 aliphatic rings. The number of amides is 4. The highest BCUT2D eigenvalue weighted by Gasteiger charge is 2.39. The summed E-state index contributed by atoms with van der Waals surface area (Å²) in [7, 11) is 0. The van der Waals surface area contributed by atoms with Gasteiger partial charge < -0.3 is 9.47 Å². The van der Waals surface area contributed by atoms with Crippen LogP contribution in [0.5, 0.6) is 11.5 Å². The number of halogens is 4. The average Bonchev–Trinajstić information content (AvgIpc) is 3.13. The zero-order valence-electron chi connectivity index (χ0n) is 14.7. The summed E-state index contributed by atoms with van der Waals surface area (Å²) in [6.07, 6.45) is -3.55. The molecule has 30 heavy (non-hydrogen) atoms. The lowest BCUT2D eigenvalue weighted by Crippen LogP contribution is -2.54. The SMILES string of the molecule is O=C1NC(=O)N(c2cc(C(F)(F)F)ccc2Cl)C(=O)/C1=C/c1ccc2c(c1)OCO2. The van der Waals surface area contributed by atoms with E-state index in [2.05, 4.69) is 0 Å². The molecule has 1 saturated heterocycles. The van der Waals surface area contributed by atoms with E-state index in [1.165, 1.54) is 12.1 Å². The summed E-state index contributed by atoms with van der Waals surface area (Å²) < 4.78 is 49.6. The smallest absolute Gasteiger partial charge is 0.416 e. The average molecular weight is 439 g/mol. The second-order valence-electron chi connectivity index (χ2n) is 6.23. The molecule has 4 rings (SSSR count). The van der Waals surface area contributed by atoms with Crippen LogP contribution in [-0.4, -0.2) is 24.6 Å². The Morgan fingerprint density at radius 1 is 1.03 bits per heavy atom. The fraction of sp³-hybridized carbons (Fsp3) is 0.105. The lowest BCUT2D eigenvalue weighted by atomic mass is 10.1. The van der Waals surface area contributed by atoms with Crippen LogP contribution in [0.2, 0.25) is 5.02 Å². The highest BCUT2D eigenvalue weighted by molar-refractivity contribution is 6.42. The molecule has 0 bridgehead atoms. The predicted octanol–water partition coefficient (Wildman–Crippen LogP) is 3.75. The van der Waals surface area contributed by atoms with Gasteiger partial charge in [0.1, 0.15) is 5.57 Å². The van der Waals surface area contributed by atoms with E-state index in [-0.39, 0.29) is 11.8 Å². The standard InChI is InChI=1S/C19H10ClF3N2O5/c20-12-3-2-10(19(21,22)23)7-13(12)25-17(27)11(16(26)24-18(25)28)5-9-1-4-14-15(6-9)30-8-29-14/h1-7H,8H2,(H,24,26,28)/b11-5+. The van der Waals surface area contributed by atoms with E-state index in [0.717, 1.165) is 6.07 Å². The molecule has 1 N–H and O–H groups in total. The lowest BCUT2D eigenvalue weighted by molar-refractivity contribution is -0.137. The fourth-order valence-electron chi connectivity index (χ4n) is 2.91. The van der Waals surface area contributed by atoms with Crippen molar-refractivity contribution in [3.63, 3.8) is 0 Å². The Balaban J connectivity index is 1.75. The summed E-state index contributed by atoms with van der Waals surface area (Å²) in [6.45, 7) is 0.0189. The Kier molecular flexibility index (Phi) is 4.65. The van der Waals surface area contributed by atoms with Crippen molar-refractivity contribution in [3.05, 3.63) is 58.1 Å². The quantitative estimate of drug-likeness (QED) is 0.570. The van der Waals surface area contributed by atoms with E-state index in [1.54, 1.807) is 12.1 Å². The van der Waals surface area contributed by atoms with E-state index in [9.17, 15) is 27.6 Å². The first-order valence-electron chi connectivity index (χ1n) is 8.33. The first-order valence-corrected chi connectivity index (χ1v) is 8.71. The molecule has 2 aromatic rings. The molecule has 4 amide bonds. The normalized spacial score (nSPS) is 17.5. The molecule has 11 heteroatoms. The van der Waals surface area contributed by atoms with Crippen LogP contribution in [0.15, 0.2) is 42.0 Å². The van der Waals surface area contributed by atoms with Gasteiger partial charge in [0, 0.05) is 0 Å². The number of hydrogen-bond acceptors (Lipinski definition) is 5. The molecule has 2 aromatic carbocycles. The van der Waals surface area contributed by atoms with Gasteiger partial charge in [0.2, 0.25) is 6.79 Å². The van der Waals surface area contributed by atoms with Gasteiger partial charge in [-0.05, 0) is 42.0 Å². The van der Waals surface area contributed by atoms with Crippen LogP contribution < -0.4 is 19.7 Å². The maximum atomic E-state index is 13.1. The van der Waals surface area contributed by atoms with Crippen molar-refractivity contribution in [2.45, 2.75) is 6.18 Å². The molecule has 154 valence electrons. The van der Waals surface area contributed by atoms with Crippen molar-refractivity contribution in [2.24, 2.45) is 0 Å². The minimum absolute atomic E-state index is 0.0189. The Labute approximate surface area is 171 Å². The zero-order valence-corrected chi connectivity index (χ0v) is 15.5. The molecule has 0 radical (unpaired) electrons. The van der Waals surface area contributed by atoms with Crippen molar-refractivity contribution in [2.75, 3.05) is 11.7 Å². The third-order valence-corrected chi connectivity index (χ3v) is 4.64. The second kappa shape index (κ2) is 7.06. The van der Waals surface area contributed by atoms with Gasteiger partial charge in [0.25, 0.3) is 11.8 Å². The molecular formula is C19H10ClF3N2O5. The van der Waals surface area contributed by atoms with Gasteiger partial charge in [-0.2, -0.15) is 13.2 Å². The summed E-state index contributed by atoms with van der Waals surface area (Å²) in [5.41, 5.74) is -1.71. The summed E-state index contributed by atoms with van der Waals surface area (Å²) in [5, 5.41) is 1.65. The third kappa shape index (κ3) is 3.45. The number of ether oxygens (including phenoxy) is 2. The molecule has 0 aromatic heterocycles. The molecule has 0 saturated carbocycles. The van der Waals surface area contributed by atoms with Crippen molar-refractivity contribution in [3.8, 4) is 11.5 Å². The summed E-state index contributed by atoms with van der Waals surface area (Å²) in [6, 6.07) is 5.59. The Morgan fingerprint density at radius 3 is 2.50 bits per heavy atom. The molecule has 2 heterocycles. The number of carbonyl (C=O) groups is 3. The summed E-state index contributed by atoms with van der Waals surface area (Å²) in [5.74, 6) is -1.25. The number of barbiturate groups is 1. The van der Waals surface area contributed by atoms with E-state index in [4.69, 9.17) is 21.1 Å². The van der Waals surface area contributed by atoms with Crippen molar-refractivity contribution < 1.29 is 37.0 Å². The fourth-order valence-corrected chi connectivity index (χ4v) is 3.11. The van der Waals surface area contributed by atoms with Gasteiger partial charge in [-0.15, -0.1) is 0 Å². The number of alkyl halides is 3. The van der Waals surface area contributed by atoms with E-state index < -0.39 is 40.8 Å². The van der Waals surface area contributed by atoms with Gasteiger partial charge in [0.05, 0.1) is 16.3 Å². The number of fused-ring (bicyclic) bond motifs is 1. The minimum Gasteiger partial charge on any atom is -0.454 e. The van der Waals surface area contributed by atoms with Gasteiger partial charge >= 0.3 is 12.2 Å². The van der Waals surface area contributed by atoms with Crippen LogP contribution in [-0.2, 0) is 15.8 Å². The zero-order chi connectivity index (χ0) is 21.6. The van der Waals surface area contributed by atoms with Crippen molar-refractivity contribution >= 4 is 41.2 Å². The molecule has 0 unspecified atom stereocenters. The van der Waals surface area contributed by atoms with Gasteiger partial charge in [-0.3, -0.25) is 14.9 Å². The number of anilines is 1. The first kappa shape index (κ1) is 19.8. The number of benzene rings is 2. The van der Waals surface area contributed by atoms with E-state index >= 15 is 0 Å². The van der Waals surface area contributed by atoms with Crippen molar-refractivity contribution in [1.82, 2.24) is 5.32 Å². The molecular weight excluding hydrogens is 429 g/mol. The molecule has 7 nitrogen and oxygen atoms in total. The number of nitrogens with zero attached hydrogens (tertiary/aromatic N) is 1. The maximum absolute atomic E-state index is 13.1. The lowest BCUT2D eigenvalue weighted by Gasteiger charge is -2.27. The first-order chi connectivity index (χ1) is 14.1. The summed E-state index contributed by atoms with van der Waals surface area (Å²) in [4.78, 5) is 37.7. The summed E-state index contributed by atoms with van der Waals surface area (Å²) >= 11 is 5.94. The molecule has 2 aliphatic heterocycles. The van der Waals surface area contributed by atoms with Gasteiger partial charge in [0.15, 0.2) is 11.5 Å². The number of rotatable bonds is 2. The van der Waals surface area contributed by atoms with Crippen LogP contribution >= 0.6 is 11.6 Å². The minimum atomic E-state index is -4.73. The van der Waals surface area contributed by atoms with Crippen LogP contribution in [0, 0.1) is 0 Å². The van der Waals surface area contributed by atoms with Crippen LogP contribution in [0.3, 0.4) is 0 Å². The van der Waals surface area contributed by atoms with Crippen molar-refractivity contribution in [1.29, 1.82) is 0 Å². The number of imide groups is 2. The highest BCUT2D eigenvalue weighted by Crippen LogP contribution is 2.37.